The van der Waals surface area contributed by atoms with Crippen molar-refractivity contribution < 1.29 is 4.79 Å². The van der Waals surface area contributed by atoms with Crippen LogP contribution >= 0.6 is 0 Å². The van der Waals surface area contributed by atoms with Gasteiger partial charge in [0.25, 0.3) is 5.78 Å². The van der Waals surface area contributed by atoms with E-state index in [2.05, 4.69) is 55.0 Å². The first-order valence-corrected chi connectivity index (χ1v) is 11.4. The third-order valence-corrected chi connectivity index (χ3v) is 6.34. The molecule has 0 N–H and O–H groups in total. The Labute approximate surface area is 184 Å². The van der Waals surface area contributed by atoms with Gasteiger partial charge in [0.15, 0.2) is 5.82 Å². The Morgan fingerprint density at radius 2 is 1.61 bits per heavy atom. The maximum atomic E-state index is 13.0. The Hall–Kier alpha value is -2.76. The molecule has 0 aliphatic carbocycles. The van der Waals surface area contributed by atoms with Gasteiger partial charge in [0.2, 0.25) is 5.91 Å². The molecule has 0 saturated carbocycles. The van der Waals surface area contributed by atoms with Crippen molar-refractivity contribution in [1.29, 1.82) is 0 Å². The van der Waals surface area contributed by atoms with Gasteiger partial charge in [-0.2, -0.15) is 4.98 Å². The lowest BCUT2D eigenvalue weighted by Gasteiger charge is -2.21. The number of nitrogens with zero attached hydrogens (tertiary/aromatic N) is 5. The first-order chi connectivity index (χ1) is 14.7. The molecule has 6 heteroatoms. The summed E-state index contributed by atoms with van der Waals surface area (Å²) in [5.74, 6) is 1.43. The van der Waals surface area contributed by atoms with Crippen LogP contribution in [0.5, 0.6) is 0 Å². The Kier molecular flexibility index (Phi) is 5.82. The molecule has 4 rings (SSSR count). The highest BCUT2D eigenvalue weighted by atomic mass is 16.2. The lowest BCUT2D eigenvalue weighted by atomic mass is 9.87. The van der Waals surface area contributed by atoms with E-state index in [1.807, 2.05) is 18.7 Å². The monoisotopic (exact) mass is 419 g/mol. The summed E-state index contributed by atoms with van der Waals surface area (Å²) in [6.07, 6.45) is 5.00. The molecule has 1 fully saturated rings. The molecule has 1 aliphatic heterocycles. The number of aromatic nitrogens is 4. The van der Waals surface area contributed by atoms with E-state index in [1.165, 1.54) is 18.4 Å². The van der Waals surface area contributed by atoms with Gasteiger partial charge in [-0.05, 0) is 37.7 Å². The highest BCUT2D eigenvalue weighted by Gasteiger charge is 2.21. The van der Waals surface area contributed by atoms with Crippen molar-refractivity contribution in [2.75, 3.05) is 13.1 Å². The molecule has 0 bridgehead atoms. The summed E-state index contributed by atoms with van der Waals surface area (Å²) < 4.78 is 1.78. The van der Waals surface area contributed by atoms with E-state index >= 15 is 0 Å². The zero-order chi connectivity index (χ0) is 22.2. The number of benzene rings is 1. The van der Waals surface area contributed by atoms with Crippen molar-refractivity contribution in [2.24, 2.45) is 0 Å². The first kappa shape index (κ1) is 21.5. The lowest BCUT2D eigenvalue weighted by Crippen LogP contribution is -2.33. The minimum Gasteiger partial charge on any atom is -0.342 e. The summed E-state index contributed by atoms with van der Waals surface area (Å²) in [7, 11) is 0. The predicted octanol–water partition coefficient (Wildman–Crippen LogP) is 4.65. The summed E-state index contributed by atoms with van der Waals surface area (Å²) in [5, 5.41) is 4.73. The molecule has 0 spiro atoms. The van der Waals surface area contributed by atoms with Gasteiger partial charge in [-0.25, -0.2) is 9.50 Å². The zero-order valence-corrected chi connectivity index (χ0v) is 19.4. The van der Waals surface area contributed by atoms with Crippen LogP contribution in [0.15, 0.2) is 24.3 Å². The number of carbonyl (C=O) groups excluding carboxylic acids is 1. The Bertz CT molecular complexity index is 1080. The van der Waals surface area contributed by atoms with Crippen LogP contribution in [0.1, 0.15) is 69.0 Å². The van der Waals surface area contributed by atoms with Crippen molar-refractivity contribution in [3.63, 3.8) is 0 Å². The van der Waals surface area contributed by atoms with E-state index in [-0.39, 0.29) is 11.3 Å². The summed E-state index contributed by atoms with van der Waals surface area (Å²) in [6.45, 7) is 12.3. The molecule has 31 heavy (non-hydrogen) atoms. The molecule has 0 unspecified atom stereocenters. The Morgan fingerprint density at radius 1 is 0.968 bits per heavy atom. The second-order valence-electron chi connectivity index (χ2n) is 9.71. The summed E-state index contributed by atoms with van der Waals surface area (Å²) in [6, 6.07) is 8.42. The fourth-order valence-electron chi connectivity index (χ4n) is 4.29. The van der Waals surface area contributed by atoms with Gasteiger partial charge >= 0.3 is 0 Å². The van der Waals surface area contributed by atoms with Crippen molar-refractivity contribution >= 4 is 11.7 Å². The lowest BCUT2D eigenvalue weighted by molar-refractivity contribution is -0.130. The van der Waals surface area contributed by atoms with Gasteiger partial charge in [-0.1, -0.05) is 57.9 Å². The van der Waals surface area contributed by atoms with Gasteiger partial charge < -0.3 is 4.90 Å². The number of rotatable bonds is 3. The van der Waals surface area contributed by atoms with Crippen LogP contribution in [0.3, 0.4) is 0 Å². The van der Waals surface area contributed by atoms with Gasteiger partial charge in [-0.15, -0.1) is 5.10 Å². The number of hydrogen-bond donors (Lipinski definition) is 0. The molecule has 0 radical (unpaired) electrons. The SMILES string of the molecule is Cc1nc2nc(-c3ccc(C(C)(C)C)cc3)nn2c(C)c1CC(=O)N1CCCCCC1. The number of likely N-dealkylation sites (tertiary alicyclic amines) is 1. The topological polar surface area (TPSA) is 63.4 Å². The van der Waals surface area contributed by atoms with Crippen LogP contribution in [0.4, 0.5) is 0 Å². The smallest absolute Gasteiger partial charge is 0.253 e. The van der Waals surface area contributed by atoms with Crippen LogP contribution in [0.25, 0.3) is 17.2 Å². The molecule has 1 saturated heterocycles. The third kappa shape index (κ3) is 4.48. The summed E-state index contributed by atoms with van der Waals surface area (Å²) in [5.41, 5.74) is 5.11. The van der Waals surface area contributed by atoms with Crippen LogP contribution in [-0.2, 0) is 16.6 Å². The van der Waals surface area contributed by atoms with E-state index in [0.717, 1.165) is 48.4 Å². The average molecular weight is 420 g/mol. The fourth-order valence-corrected chi connectivity index (χ4v) is 4.29. The minimum atomic E-state index is 0.106. The van der Waals surface area contributed by atoms with Crippen LogP contribution in [-0.4, -0.2) is 43.5 Å². The van der Waals surface area contributed by atoms with Crippen molar-refractivity contribution in [3.8, 4) is 11.4 Å². The van der Waals surface area contributed by atoms with Gasteiger partial charge in [-0.3, -0.25) is 4.79 Å². The first-order valence-electron chi connectivity index (χ1n) is 11.4. The minimum absolute atomic E-state index is 0.106. The van der Waals surface area contributed by atoms with Gasteiger partial charge in [0.05, 0.1) is 6.42 Å². The number of aryl methyl sites for hydroxylation is 2. The molecule has 6 nitrogen and oxygen atoms in total. The predicted molar refractivity (Wildman–Crippen MR) is 123 cm³/mol. The largest absolute Gasteiger partial charge is 0.342 e. The van der Waals surface area contributed by atoms with Crippen LogP contribution < -0.4 is 0 Å². The maximum absolute atomic E-state index is 13.0. The van der Waals surface area contributed by atoms with E-state index in [1.54, 1.807) is 4.52 Å². The molecule has 3 aromatic rings. The molecule has 1 aromatic carbocycles. The highest BCUT2D eigenvalue weighted by molar-refractivity contribution is 5.79. The van der Waals surface area contributed by atoms with Crippen molar-refractivity contribution in [3.05, 3.63) is 46.8 Å². The second-order valence-corrected chi connectivity index (χ2v) is 9.71. The van der Waals surface area contributed by atoms with Crippen LogP contribution in [0, 0.1) is 13.8 Å². The van der Waals surface area contributed by atoms with E-state index in [9.17, 15) is 4.79 Å². The number of fused-ring (bicyclic) bond motifs is 1. The van der Waals surface area contributed by atoms with Crippen molar-refractivity contribution in [1.82, 2.24) is 24.5 Å². The molecule has 2 aromatic heterocycles. The maximum Gasteiger partial charge on any atom is 0.253 e. The fraction of sp³-hybridized carbons (Fsp3) is 0.520. The number of hydrogen-bond acceptors (Lipinski definition) is 4. The molecule has 1 amide bonds. The molecule has 3 heterocycles. The van der Waals surface area contributed by atoms with Gasteiger partial charge in [0.1, 0.15) is 0 Å². The molecule has 1 aliphatic rings. The summed E-state index contributed by atoms with van der Waals surface area (Å²) >= 11 is 0. The standard InChI is InChI=1S/C25H33N5O/c1-17-21(16-22(31)29-14-8-6-7-9-15-29)18(2)30-24(26-17)27-23(28-30)19-10-12-20(13-11-19)25(3,4)5/h10-13H,6-9,14-16H2,1-5H3. The highest BCUT2D eigenvalue weighted by Crippen LogP contribution is 2.25. The molecular formula is C25H33N5O. The molecule has 164 valence electrons. The van der Waals surface area contributed by atoms with Crippen LogP contribution in [0.2, 0.25) is 0 Å². The van der Waals surface area contributed by atoms with Crippen molar-refractivity contribution in [2.45, 2.75) is 72.1 Å². The Balaban J connectivity index is 1.63. The van der Waals surface area contributed by atoms with Gasteiger partial charge in [0, 0.05) is 35.6 Å². The average Bonchev–Trinajstić information content (AvgIpc) is 2.96. The third-order valence-electron chi connectivity index (χ3n) is 6.34. The van der Waals surface area contributed by atoms with E-state index < -0.39 is 0 Å². The quantitative estimate of drug-likeness (QED) is 0.620. The molecular weight excluding hydrogens is 386 g/mol. The Morgan fingerprint density at radius 3 is 2.23 bits per heavy atom. The number of amides is 1. The summed E-state index contributed by atoms with van der Waals surface area (Å²) in [4.78, 5) is 24.3. The molecule has 0 atom stereocenters. The zero-order valence-electron chi connectivity index (χ0n) is 19.4. The van der Waals surface area contributed by atoms with E-state index in [0.29, 0.717) is 18.0 Å². The normalized spacial score (nSPS) is 15.3. The second kappa shape index (κ2) is 8.40. The number of carbonyl (C=O) groups is 1. The van der Waals surface area contributed by atoms with E-state index in [4.69, 9.17) is 5.10 Å².